The molecule has 310 valence electrons. The summed E-state index contributed by atoms with van der Waals surface area (Å²) in [5.41, 5.74) is 14.2. The first-order valence-electron chi connectivity index (χ1n) is 20.1. The zero-order valence-corrected chi connectivity index (χ0v) is 34.8. The average molecular weight is 839 g/mol. The van der Waals surface area contributed by atoms with Gasteiger partial charge in [0.25, 0.3) is 5.91 Å². The van der Waals surface area contributed by atoms with Crippen molar-refractivity contribution in [2.24, 2.45) is 5.73 Å². The maximum absolute atomic E-state index is 12.3. The predicted octanol–water partition coefficient (Wildman–Crippen LogP) is 6.20. The Hall–Kier alpha value is -5.44. The van der Waals surface area contributed by atoms with Crippen LogP contribution in [0.5, 0.6) is 0 Å². The van der Waals surface area contributed by atoms with Gasteiger partial charge < -0.3 is 31.5 Å². The van der Waals surface area contributed by atoms with Crippen LogP contribution in [-0.4, -0.2) is 75.2 Å². The number of aromatic nitrogens is 4. The van der Waals surface area contributed by atoms with E-state index in [0.717, 1.165) is 116 Å². The Labute approximate surface area is 353 Å². The molecule has 7 heterocycles. The fraction of sp³-hybridized carbons (Fsp3) is 0.386. The number of thiophene rings is 1. The lowest BCUT2D eigenvalue weighted by atomic mass is 10.0. The number of amides is 1. The Morgan fingerprint density at radius 1 is 0.797 bits per heavy atom. The summed E-state index contributed by atoms with van der Waals surface area (Å²) >= 11 is 7.15. The number of aryl methyl sites for hydroxylation is 6. The summed E-state index contributed by atoms with van der Waals surface area (Å²) in [6, 6.07) is 16.3. The van der Waals surface area contributed by atoms with Gasteiger partial charge in [-0.05, 0) is 129 Å². The Kier molecular flexibility index (Phi) is 15.7. The molecule has 0 unspecified atom stereocenters. The molecular weight excluding hydrogens is 788 g/mol. The van der Waals surface area contributed by atoms with Gasteiger partial charge >= 0.3 is 11.9 Å². The number of rotatable bonds is 16. The highest BCUT2D eigenvalue weighted by Gasteiger charge is 2.23. The van der Waals surface area contributed by atoms with Crippen molar-refractivity contribution in [1.29, 1.82) is 0 Å². The summed E-state index contributed by atoms with van der Waals surface area (Å²) in [4.78, 5) is 54.1. The van der Waals surface area contributed by atoms with Crippen LogP contribution >= 0.6 is 22.9 Å². The van der Waals surface area contributed by atoms with Crippen LogP contribution in [0.4, 0.5) is 11.6 Å². The minimum absolute atomic E-state index is 0.142. The number of pyridine rings is 4. The number of hydrogen-bond donors (Lipinski definition) is 5. The molecule has 59 heavy (non-hydrogen) atoms. The molecule has 5 aromatic rings. The summed E-state index contributed by atoms with van der Waals surface area (Å²) < 4.78 is 4.64. The second-order valence-electron chi connectivity index (χ2n) is 14.7. The van der Waals surface area contributed by atoms with E-state index in [4.69, 9.17) is 27.3 Å². The number of ether oxygens (including phenoxy) is 1. The number of esters is 1. The average Bonchev–Trinajstić information content (AvgIpc) is 3.70. The van der Waals surface area contributed by atoms with E-state index in [2.05, 4.69) is 54.9 Å². The minimum Gasteiger partial charge on any atom is -0.480 e. The van der Waals surface area contributed by atoms with E-state index in [9.17, 15) is 19.5 Å². The Morgan fingerprint density at radius 2 is 1.32 bits per heavy atom. The third kappa shape index (κ3) is 12.8. The SMILES string of the molecule is COC(=O)[C@@H](N)Cc1ccc(CCCc2ccc3c(n2)NCCC3)nc1.O=C(N[C@@H](Cc1ccc(CCCc2ccc3c(n2)NCCC3)nc1)C(=O)O)c1sccc1Cl. The maximum atomic E-state index is 12.3. The Balaban J connectivity index is 0.000000204. The Morgan fingerprint density at radius 3 is 1.80 bits per heavy atom. The molecule has 7 rings (SSSR count). The number of aliphatic carboxylic acids is 1. The van der Waals surface area contributed by atoms with Gasteiger partial charge in [0.15, 0.2) is 0 Å². The summed E-state index contributed by atoms with van der Waals surface area (Å²) in [6.07, 6.45) is 14.0. The van der Waals surface area contributed by atoms with Crippen molar-refractivity contribution in [3.63, 3.8) is 0 Å². The molecule has 5 aromatic heterocycles. The second kappa shape index (κ2) is 21.5. The molecule has 0 aromatic carbocycles. The molecule has 0 fully saturated rings. The van der Waals surface area contributed by atoms with Crippen LogP contribution in [0.25, 0.3) is 0 Å². The van der Waals surface area contributed by atoms with E-state index in [0.29, 0.717) is 16.3 Å². The number of hydrogen-bond acceptors (Lipinski definition) is 12. The van der Waals surface area contributed by atoms with Crippen LogP contribution in [-0.2, 0) is 65.7 Å². The highest BCUT2D eigenvalue weighted by molar-refractivity contribution is 7.12. The van der Waals surface area contributed by atoms with Crippen LogP contribution in [0.2, 0.25) is 5.02 Å². The van der Waals surface area contributed by atoms with Gasteiger partial charge in [-0.25, -0.2) is 14.8 Å². The van der Waals surface area contributed by atoms with E-state index in [1.165, 1.54) is 36.0 Å². The van der Waals surface area contributed by atoms with Crippen LogP contribution in [0, 0.1) is 0 Å². The largest absolute Gasteiger partial charge is 0.480 e. The molecule has 2 aliphatic rings. The van der Waals surface area contributed by atoms with Crippen LogP contribution in [0.3, 0.4) is 0 Å². The molecule has 0 radical (unpaired) electrons. The number of carboxylic acid groups (broad SMARTS) is 1. The number of carbonyl (C=O) groups excluding carboxylic acids is 2. The first kappa shape index (κ1) is 43.1. The third-order valence-electron chi connectivity index (χ3n) is 10.2. The van der Waals surface area contributed by atoms with Crippen molar-refractivity contribution in [3.8, 4) is 0 Å². The van der Waals surface area contributed by atoms with Gasteiger partial charge in [-0.15, -0.1) is 11.3 Å². The fourth-order valence-corrected chi connectivity index (χ4v) is 8.01. The highest BCUT2D eigenvalue weighted by Crippen LogP contribution is 2.23. The topological polar surface area (TPSA) is 194 Å². The predicted molar refractivity (Wildman–Crippen MR) is 230 cm³/mol. The van der Waals surface area contributed by atoms with Crippen LogP contribution < -0.4 is 21.7 Å². The lowest BCUT2D eigenvalue weighted by molar-refractivity contribution is -0.142. The number of nitrogens with one attached hydrogen (secondary N) is 3. The molecule has 0 saturated heterocycles. The summed E-state index contributed by atoms with van der Waals surface area (Å²) in [5.74, 6) is 0.0760. The van der Waals surface area contributed by atoms with Gasteiger partial charge in [0.05, 0.1) is 12.1 Å². The number of halogens is 1. The van der Waals surface area contributed by atoms with Gasteiger partial charge in [-0.2, -0.15) is 0 Å². The number of carbonyl (C=O) groups is 3. The Bertz CT molecular complexity index is 2180. The van der Waals surface area contributed by atoms with Crippen LogP contribution in [0.1, 0.15) is 80.4 Å². The summed E-state index contributed by atoms with van der Waals surface area (Å²) in [5, 5.41) is 20.8. The number of anilines is 2. The molecular formula is C44H51ClN8O5S. The zero-order valence-electron chi connectivity index (χ0n) is 33.2. The van der Waals surface area contributed by atoms with Gasteiger partial charge in [-0.1, -0.05) is 35.9 Å². The van der Waals surface area contributed by atoms with E-state index in [1.54, 1.807) is 23.8 Å². The number of nitrogens with zero attached hydrogens (tertiary/aromatic N) is 4. The van der Waals surface area contributed by atoms with Crippen molar-refractivity contribution in [3.05, 3.63) is 127 Å². The lowest BCUT2D eigenvalue weighted by Gasteiger charge is -2.17. The molecule has 2 aliphatic heterocycles. The lowest BCUT2D eigenvalue weighted by Crippen LogP contribution is -2.42. The standard InChI is InChI=1S/C24H25ClN4O3S.C20H26N4O2/c25-19-10-12-33-21(19)23(30)29-20(24(31)32)13-15-6-8-17(27-14-15)4-1-5-18-9-7-16-3-2-11-26-22(16)28-18;1-26-20(25)18(21)12-14-7-9-16(23-13-14)5-2-6-17-10-8-15-4-3-11-22-19(15)24-17/h6-10,12,14,20H,1-5,11,13H2,(H,26,28)(H,29,30)(H,31,32);7-10,13,18H,2-6,11-12,21H2,1H3,(H,22,24)/t20-;18-/m00/s1. The van der Waals surface area contributed by atoms with Crippen molar-refractivity contribution >= 4 is 52.4 Å². The van der Waals surface area contributed by atoms with E-state index >= 15 is 0 Å². The van der Waals surface area contributed by atoms with Gasteiger partial charge in [0.2, 0.25) is 0 Å². The van der Waals surface area contributed by atoms with Crippen molar-refractivity contribution in [2.75, 3.05) is 30.8 Å². The van der Waals surface area contributed by atoms with Crippen molar-refractivity contribution in [1.82, 2.24) is 25.3 Å². The third-order valence-corrected chi connectivity index (χ3v) is 11.6. The molecule has 2 atom stereocenters. The zero-order chi connectivity index (χ0) is 41.6. The molecule has 1 amide bonds. The highest BCUT2D eigenvalue weighted by atomic mass is 35.5. The minimum atomic E-state index is -1.10. The molecule has 6 N–H and O–H groups in total. The van der Waals surface area contributed by atoms with Gasteiger partial charge in [0.1, 0.15) is 28.6 Å². The monoisotopic (exact) mass is 838 g/mol. The smallest absolute Gasteiger partial charge is 0.326 e. The van der Waals surface area contributed by atoms with Gasteiger partial charge in [0, 0.05) is 54.7 Å². The first-order valence-corrected chi connectivity index (χ1v) is 21.3. The fourth-order valence-electron chi connectivity index (χ4n) is 6.97. The molecule has 0 spiro atoms. The van der Waals surface area contributed by atoms with Crippen LogP contribution in [0.15, 0.2) is 72.4 Å². The normalized spacial score (nSPS) is 13.9. The van der Waals surface area contributed by atoms with E-state index in [1.807, 2.05) is 24.3 Å². The molecule has 0 aliphatic carbocycles. The summed E-state index contributed by atoms with van der Waals surface area (Å²) in [7, 11) is 1.34. The summed E-state index contributed by atoms with van der Waals surface area (Å²) in [6.45, 7) is 1.99. The quantitative estimate of drug-likeness (QED) is 0.0708. The number of carboxylic acids is 1. The van der Waals surface area contributed by atoms with Gasteiger partial charge in [-0.3, -0.25) is 19.6 Å². The maximum Gasteiger partial charge on any atom is 0.326 e. The van der Waals surface area contributed by atoms with Crippen molar-refractivity contribution in [2.45, 2.75) is 89.1 Å². The van der Waals surface area contributed by atoms with E-state index < -0.39 is 29.9 Å². The molecule has 15 heteroatoms. The number of nitrogens with two attached hydrogens (primary N) is 1. The molecule has 0 bridgehead atoms. The van der Waals surface area contributed by atoms with E-state index in [-0.39, 0.29) is 6.42 Å². The molecule has 0 saturated carbocycles. The first-order chi connectivity index (χ1) is 28.6. The molecule has 13 nitrogen and oxygen atoms in total. The second-order valence-corrected chi connectivity index (χ2v) is 16.0. The number of fused-ring (bicyclic) bond motifs is 2. The van der Waals surface area contributed by atoms with Crippen molar-refractivity contribution < 1.29 is 24.2 Å². The number of methoxy groups -OCH3 is 1.